The van der Waals surface area contributed by atoms with Crippen LogP contribution in [0, 0.1) is 6.92 Å². The van der Waals surface area contributed by atoms with Crippen molar-refractivity contribution in [1.82, 2.24) is 4.98 Å². The lowest BCUT2D eigenvalue weighted by Gasteiger charge is -2.09. The molecule has 0 radical (unpaired) electrons. The molecule has 0 spiro atoms. The van der Waals surface area contributed by atoms with Crippen molar-refractivity contribution >= 4 is 37.5 Å². The summed E-state index contributed by atoms with van der Waals surface area (Å²) in [7, 11) is 0. The molecule has 0 aliphatic heterocycles. The lowest BCUT2D eigenvalue weighted by Crippen LogP contribution is -2.02. The highest BCUT2D eigenvalue weighted by molar-refractivity contribution is 9.10. The molecule has 1 heterocycles. The number of nitrogens with one attached hydrogen (secondary N) is 1. The van der Waals surface area contributed by atoms with Crippen LogP contribution in [0.2, 0.25) is 0 Å². The van der Waals surface area contributed by atoms with Crippen LogP contribution in [-0.4, -0.2) is 10.1 Å². The number of hydrogen-bond acceptors (Lipinski definition) is 3. The summed E-state index contributed by atoms with van der Waals surface area (Å²) in [6, 6.07) is 9.34. The van der Waals surface area contributed by atoms with Crippen LogP contribution in [0.1, 0.15) is 11.3 Å². The molecule has 1 aromatic carbocycles. The van der Waals surface area contributed by atoms with E-state index >= 15 is 0 Å². The van der Waals surface area contributed by atoms with Gasteiger partial charge in [-0.25, -0.2) is 4.98 Å². The zero-order valence-corrected chi connectivity index (χ0v) is 12.9. The van der Waals surface area contributed by atoms with Crippen LogP contribution >= 0.6 is 31.9 Å². The van der Waals surface area contributed by atoms with Gasteiger partial charge < -0.3 is 10.4 Å². The summed E-state index contributed by atoms with van der Waals surface area (Å²) in [6.45, 7) is 2.64. The number of nitrogens with zero attached hydrogens (tertiary/aromatic N) is 1. The van der Waals surface area contributed by atoms with E-state index in [4.69, 9.17) is 0 Å². The quantitative estimate of drug-likeness (QED) is 0.793. The normalized spacial score (nSPS) is 10.4. The van der Waals surface area contributed by atoms with Crippen molar-refractivity contribution < 1.29 is 5.11 Å². The fourth-order valence-electron chi connectivity index (χ4n) is 1.57. The van der Waals surface area contributed by atoms with E-state index < -0.39 is 0 Å². The molecule has 0 fully saturated rings. The second-order valence-electron chi connectivity index (χ2n) is 3.91. The van der Waals surface area contributed by atoms with Crippen molar-refractivity contribution in [3.05, 3.63) is 50.7 Å². The molecule has 0 aliphatic carbocycles. The Morgan fingerprint density at radius 3 is 2.67 bits per heavy atom. The number of phenols is 1. The van der Waals surface area contributed by atoms with Gasteiger partial charge in [-0.3, -0.25) is 0 Å². The van der Waals surface area contributed by atoms with Crippen LogP contribution in [0.5, 0.6) is 5.75 Å². The number of pyridine rings is 1. The molecule has 2 aromatic rings. The van der Waals surface area contributed by atoms with Crippen LogP contribution in [0.25, 0.3) is 0 Å². The Morgan fingerprint density at radius 2 is 2.00 bits per heavy atom. The Balaban J connectivity index is 2.09. The Bertz CT molecular complexity index is 573. The first kappa shape index (κ1) is 13.4. The highest BCUT2D eigenvalue weighted by Crippen LogP contribution is 2.25. The largest absolute Gasteiger partial charge is 0.507 e. The first-order chi connectivity index (χ1) is 8.56. The first-order valence-electron chi connectivity index (χ1n) is 5.40. The number of aromatic nitrogens is 1. The molecule has 0 unspecified atom stereocenters. The van der Waals surface area contributed by atoms with Gasteiger partial charge in [-0.15, -0.1) is 0 Å². The van der Waals surface area contributed by atoms with Crippen LogP contribution in [0.15, 0.2) is 39.4 Å². The second kappa shape index (κ2) is 5.71. The average molecular weight is 372 g/mol. The molecule has 0 saturated carbocycles. The summed E-state index contributed by atoms with van der Waals surface area (Å²) in [6.07, 6.45) is 0. The third-order valence-corrected chi connectivity index (χ3v) is 3.62. The van der Waals surface area contributed by atoms with Crippen molar-refractivity contribution in [2.75, 3.05) is 5.32 Å². The van der Waals surface area contributed by atoms with Gasteiger partial charge in [0.05, 0.1) is 15.9 Å². The molecule has 18 heavy (non-hydrogen) atoms. The summed E-state index contributed by atoms with van der Waals surface area (Å²) in [5, 5.41) is 12.7. The summed E-state index contributed by atoms with van der Waals surface area (Å²) in [5.41, 5.74) is 3.03. The van der Waals surface area contributed by atoms with Crippen LogP contribution in [-0.2, 0) is 6.54 Å². The van der Waals surface area contributed by atoms with E-state index in [2.05, 4.69) is 42.2 Å². The Morgan fingerprint density at radius 1 is 1.22 bits per heavy atom. The molecular weight excluding hydrogens is 360 g/mol. The predicted molar refractivity (Wildman–Crippen MR) is 79.8 cm³/mol. The molecule has 0 bridgehead atoms. The van der Waals surface area contributed by atoms with Gasteiger partial charge in [0.15, 0.2) is 0 Å². The number of aromatic hydroxyl groups is 1. The smallest absolute Gasteiger partial charge is 0.129 e. The van der Waals surface area contributed by atoms with Gasteiger partial charge in [0.25, 0.3) is 0 Å². The van der Waals surface area contributed by atoms with Gasteiger partial charge in [0, 0.05) is 6.54 Å². The fraction of sp³-hybridized carbons (Fsp3) is 0.154. The number of rotatable bonds is 3. The van der Waals surface area contributed by atoms with Crippen molar-refractivity contribution in [3.63, 3.8) is 0 Å². The maximum Gasteiger partial charge on any atom is 0.129 e. The predicted octanol–water partition coefficient (Wildman–Crippen LogP) is 4.23. The van der Waals surface area contributed by atoms with Crippen molar-refractivity contribution in [2.24, 2.45) is 0 Å². The van der Waals surface area contributed by atoms with E-state index in [9.17, 15) is 5.11 Å². The minimum atomic E-state index is 0.250. The van der Waals surface area contributed by atoms with E-state index in [1.165, 1.54) is 0 Å². The third-order valence-electron chi connectivity index (χ3n) is 2.55. The van der Waals surface area contributed by atoms with E-state index in [0.29, 0.717) is 11.0 Å². The number of hydrogen-bond donors (Lipinski definition) is 2. The summed E-state index contributed by atoms with van der Waals surface area (Å²) >= 11 is 6.64. The number of anilines is 1. The van der Waals surface area contributed by atoms with Crippen molar-refractivity contribution in [1.29, 1.82) is 0 Å². The van der Waals surface area contributed by atoms with Crippen LogP contribution in [0.4, 0.5) is 5.69 Å². The molecule has 94 valence electrons. The van der Waals surface area contributed by atoms with Gasteiger partial charge in [-0.05, 0) is 68.6 Å². The maximum absolute atomic E-state index is 9.42. The lowest BCUT2D eigenvalue weighted by atomic mass is 10.2. The second-order valence-corrected chi connectivity index (χ2v) is 5.57. The molecule has 0 amide bonds. The zero-order chi connectivity index (χ0) is 13.1. The van der Waals surface area contributed by atoms with Gasteiger partial charge in [-0.2, -0.15) is 0 Å². The SMILES string of the molecule is Cc1nc(Br)ccc1NCc1ccc(O)c(Br)c1. The minimum Gasteiger partial charge on any atom is -0.507 e. The maximum atomic E-state index is 9.42. The van der Waals surface area contributed by atoms with Gasteiger partial charge in [0.2, 0.25) is 0 Å². The molecule has 3 nitrogen and oxygen atoms in total. The average Bonchev–Trinajstić information content (AvgIpc) is 2.32. The molecule has 2 rings (SSSR count). The minimum absolute atomic E-state index is 0.250. The van der Waals surface area contributed by atoms with E-state index in [0.717, 1.165) is 21.5 Å². The molecule has 0 atom stereocenters. The summed E-state index contributed by atoms with van der Waals surface area (Å²) in [5.74, 6) is 0.250. The first-order valence-corrected chi connectivity index (χ1v) is 6.99. The monoisotopic (exact) mass is 370 g/mol. The summed E-state index contributed by atoms with van der Waals surface area (Å²) < 4.78 is 1.53. The molecule has 2 N–H and O–H groups in total. The molecule has 5 heteroatoms. The number of benzene rings is 1. The third kappa shape index (κ3) is 3.23. The lowest BCUT2D eigenvalue weighted by molar-refractivity contribution is 0.471. The molecular formula is C13H12Br2N2O. The summed E-state index contributed by atoms with van der Waals surface area (Å²) in [4.78, 5) is 4.32. The Kier molecular flexibility index (Phi) is 4.24. The van der Waals surface area contributed by atoms with Crippen LogP contribution < -0.4 is 5.32 Å². The van der Waals surface area contributed by atoms with E-state index in [1.54, 1.807) is 6.07 Å². The van der Waals surface area contributed by atoms with Crippen LogP contribution in [0.3, 0.4) is 0 Å². The Labute approximate surface area is 123 Å². The molecule has 0 aliphatic rings. The van der Waals surface area contributed by atoms with Gasteiger partial charge in [0.1, 0.15) is 10.4 Å². The highest BCUT2D eigenvalue weighted by Gasteiger charge is 2.02. The molecule has 1 aromatic heterocycles. The number of aryl methyl sites for hydroxylation is 1. The fourth-order valence-corrected chi connectivity index (χ4v) is 2.40. The topological polar surface area (TPSA) is 45.2 Å². The van der Waals surface area contributed by atoms with Crippen molar-refractivity contribution in [2.45, 2.75) is 13.5 Å². The standard InChI is InChI=1S/C13H12Br2N2O/c1-8-11(3-5-13(15)17-8)16-7-9-2-4-12(18)10(14)6-9/h2-6,16,18H,7H2,1H3. The van der Waals surface area contributed by atoms with Crippen molar-refractivity contribution in [3.8, 4) is 5.75 Å². The van der Waals surface area contributed by atoms with Gasteiger partial charge >= 0.3 is 0 Å². The zero-order valence-electron chi connectivity index (χ0n) is 9.74. The Hall–Kier alpha value is -1.07. The molecule has 0 saturated heterocycles. The van der Waals surface area contributed by atoms with Gasteiger partial charge in [-0.1, -0.05) is 6.07 Å². The van der Waals surface area contributed by atoms with E-state index in [-0.39, 0.29) is 5.75 Å². The number of phenolic OH excluding ortho intramolecular Hbond substituents is 1. The number of halogens is 2. The highest BCUT2D eigenvalue weighted by atomic mass is 79.9. The van der Waals surface area contributed by atoms with E-state index in [1.807, 2.05) is 31.2 Å².